The van der Waals surface area contributed by atoms with E-state index < -0.39 is 9.84 Å². The summed E-state index contributed by atoms with van der Waals surface area (Å²) in [6, 6.07) is 5.32. The van der Waals surface area contributed by atoms with E-state index in [-0.39, 0.29) is 18.1 Å². The first-order valence-corrected chi connectivity index (χ1v) is 7.57. The number of sulfone groups is 1. The van der Waals surface area contributed by atoms with Gasteiger partial charge in [0.15, 0.2) is 9.84 Å². The monoisotopic (exact) mass is 275 g/mol. The normalized spacial score (nSPS) is 19.3. The van der Waals surface area contributed by atoms with Gasteiger partial charge in [0.05, 0.1) is 28.8 Å². The average Bonchev–Trinajstić information content (AvgIpc) is 2.29. The summed E-state index contributed by atoms with van der Waals surface area (Å²) in [5.41, 5.74) is 1.49. The maximum atomic E-state index is 11.4. The van der Waals surface area contributed by atoms with Crippen LogP contribution in [0.5, 0.6) is 0 Å². The van der Waals surface area contributed by atoms with Crippen molar-refractivity contribution in [3.63, 3.8) is 0 Å². The molecule has 0 saturated carbocycles. The molecule has 0 aromatic heterocycles. The van der Waals surface area contributed by atoms with Crippen LogP contribution in [0, 0.1) is 0 Å². The zero-order valence-electron chi connectivity index (χ0n) is 9.26. The minimum absolute atomic E-state index is 0.0981. The van der Waals surface area contributed by atoms with E-state index in [9.17, 15) is 13.5 Å². The number of benzene rings is 1. The zero-order chi connectivity index (χ0) is 12.5. The second-order valence-electron chi connectivity index (χ2n) is 4.04. The van der Waals surface area contributed by atoms with Gasteiger partial charge in [-0.25, -0.2) is 8.42 Å². The Morgan fingerprint density at radius 3 is 2.53 bits per heavy atom. The molecule has 0 amide bonds. The number of hydrogen-bond donors (Lipinski definition) is 1. The highest BCUT2D eigenvalue weighted by Gasteiger charge is 2.24. The smallest absolute Gasteiger partial charge is 0.153 e. The van der Waals surface area contributed by atoms with Crippen molar-refractivity contribution in [1.82, 2.24) is 0 Å². The largest absolute Gasteiger partial charge is 0.392 e. The van der Waals surface area contributed by atoms with Crippen molar-refractivity contribution in [3.8, 4) is 0 Å². The van der Waals surface area contributed by atoms with Gasteiger partial charge in [0, 0.05) is 18.7 Å². The van der Waals surface area contributed by atoms with Crippen LogP contribution in [-0.4, -0.2) is 38.1 Å². The number of para-hydroxylation sites is 1. The molecular weight excluding hydrogens is 262 g/mol. The number of aliphatic hydroxyl groups is 1. The molecule has 1 heterocycles. The number of halogens is 1. The summed E-state index contributed by atoms with van der Waals surface area (Å²) < 4.78 is 22.7. The molecule has 1 aliphatic rings. The van der Waals surface area contributed by atoms with Crippen LogP contribution >= 0.6 is 11.6 Å². The molecule has 17 heavy (non-hydrogen) atoms. The van der Waals surface area contributed by atoms with Crippen LogP contribution in [0.1, 0.15) is 5.56 Å². The van der Waals surface area contributed by atoms with E-state index in [1.54, 1.807) is 18.2 Å². The molecule has 0 unspecified atom stereocenters. The molecule has 4 nitrogen and oxygen atoms in total. The predicted molar refractivity (Wildman–Crippen MR) is 68.2 cm³/mol. The van der Waals surface area contributed by atoms with Gasteiger partial charge in [-0.05, 0) is 6.07 Å². The Morgan fingerprint density at radius 1 is 1.29 bits per heavy atom. The minimum atomic E-state index is -2.90. The fourth-order valence-corrected chi connectivity index (χ4v) is 3.49. The highest BCUT2D eigenvalue weighted by atomic mass is 35.5. The molecule has 0 atom stereocenters. The summed E-state index contributed by atoms with van der Waals surface area (Å²) in [7, 11) is -2.90. The van der Waals surface area contributed by atoms with Crippen LogP contribution in [0.25, 0.3) is 0 Å². The standard InChI is InChI=1S/C11H14ClNO3S/c12-10-3-1-2-9(8-14)11(10)13-4-6-17(15,16)7-5-13/h1-3,14H,4-8H2. The molecule has 1 N–H and O–H groups in total. The van der Waals surface area contributed by atoms with Crippen molar-refractivity contribution >= 4 is 27.1 Å². The highest BCUT2D eigenvalue weighted by Crippen LogP contribution is 2.30. The predicted octanol–water partition coefficient (Wildman–Crippen LogP) is 1.07. The number of rotatable bonds is 2. The maximum Gasteiger partial charge on any atom is 0.153 e. The van der Waals surface area contributed by atoms with E-state index in [4.69, 9.17) is 11.6 Å². The molecule has 1 aliphatic heterocycles. The molecule has 0 radical (unpaired) electrons. The first kappa shape index (κ1) is 12.7. The third-order valence-corrected chi connectivity index (χ3v) is 4.82. The van der Waals surface area contributed by atoms with Crippen LogP contribution in [0.15, 0.2) is 18.2 Å². The van der Waals surface area contributed by atoms with Crippen LogP contribution in [0.2, 0.25) is 5.02 Å². The van der Waals surface area contributed by atoms with Gasteiger partial charge in [0.25, 0.3) is 0 Å². The quantitative estimate of drug-likeness (QED) is 0.877. The van der Waals surface area contributed by atoms with E-state index in [1.165, 1.54) is 0 Å². The lowest BCUT2D eigenvalue weighted by Gasteiger charge is -2.31. The molecule has 1 aromatic carbocycles. The summed E-state index contributed by atoms with van der Waals surface area (Å²) in [5, 5.41) is 9.82. The molecule has 2 rings (SSSR count). The first-order valence-electron chi connectivity index (χ1n) is 5.37. The fraction of sp³-hybridized carbons (Fsp3) is 0.455. The summed E-state index contributed by atoms with van der Waals surface area (Å²) in [6.45, 7) is 0.761. The average molecular weight is 276 g/mol. The minimum Gasteiger partial charge on any atom is -0.392 e. The Kier molecular flexibility index (Phi) is 3.61. The molecule has 0 bridgehead atoms. The van der Waals surface area contributed by atoms with Crippen LogP contribution in [-0.2, 0) is 16.4 Å². The van der Waals surface area contributed by atoms with Gasteiger partial charge in [-0.1, -0.05) is 23.7 Å². The van der Waals surface area contributed by atoms with E-state index in [0.29, 0.717) is 18.1 Å². The van der Waals surface area contributed by atoms with Crippen molar-refractivity contribution < 1.29 is 13.5 Å². The van der Waals surface area contributed by atoms with Crippen molar-refractivity contribution in [1.29, 1.82) is 0 Å². The summed E-state index contributed by atoms with van der Waals surface area (Å²) in [6.07, 6.45) is 0. The topological polar surface area (TPSA) is 57.6 Å². The molecule has 1 fully saturated rings. The number of hydrogen-bond acceptors (Lipinski definition) is 4. The van der Waals surface area contributed by atoms with Crippen molar-refractivity contribution in [2.75, 3.05) is 29.5 Å². The summed E-state index contributed by atoms with van der Waals surface area (Å²) >= 11 is 6.11. The lowest BCUT2D eigenvalue weighted by molar-refractivity contribution is 0.282. The molecule has 94 valence electrons. The van der Waals surface area contributed by atoms with E-state index in [0.717, 1.165) is 11.3 Å². The second-order valence-corrected chi connectivity index (χ2v) is 6.76. The van der Waals surface area contributed by atoms with Gasteiger partial charge in [-0.2, -0.15) is 0 Å². The Labute approximate surface area is 106 Å². The Hall–Kier alpha value is -0.780. The van der Waals surface area contributed by atoms with Gasteiger partial charge >= 0.3 is 0 Å². The Bertz CT molecular complexity index is 501. The molecule has 0 spiro atoms. The highest BCUT2D eigenvalue weighted by molar-refractivity contribution is 7.91. The van der Waals surface area contributed by atoms with Gasteiger partial charge in [-0.15, -0.1) is 0 Å². The lowest BCUT2D eigenvalue weighted by Crippen LogP contribution is -2.40. The molecule has 1 aromatic rings. The molecular formula is C11H14ClNO3S. The van der Waals surface area contributed by atoms with Gasteiger partial charge in [0.2, 0.25) is 0 Å². The molecule has 1 saturated heterocycles. The first-order chi connectivity index (χ1) is 8.03. The van der Waals surface area contributed by atoms with E-state index in [2.05, 4.69) is 0 Å². The molecule has 6 heteroatoms. The SMILES string of the molecule is O=S1(=O)CCN(c2c(Cl)cccc2CO)CC1. The van der Waals surface area contributed by atoms with Crippen LogP contribution in [0.4, 0.5) is 5.69 Å². The molecule has 0 aliphatic carbocycles. The Balaban J connectivity index is 2.29. The Morgan fingerprint density at radius 2 is 1.94 bits per heavy atom. The van der Waals surface area contributed by atoms with Gasteiger partial charge in [0.1, 0.15) is 0 Å². The fourth-order valence-electron chi connectivity index (χ4n) is 1.98. The van der Waals surface area contributed by atoms with Crippen LogP contribution in [0.3, 0.4) is 0 Å². The second kappa shape index (κ2) is 4.84. The van der Waals surface area contributed by atoms with E-state index in [1.807, 2.05) is 4.90 Å². The van der Waals surface area contributed by atoms with Crippen molar-refractivity contribution in [2.45, 2.75) is 6.61 Å². The number of anilines is 1. The van der Waals surface area contributed by atoms with Crippen LogP contribution < -0.4 is 4.90 Å². The van der Waals surface area contributed by atoms with Gasteiger partial charge < -0.3 is 10.0 Å². The third-order valence-electron chi connectivity index (χ3n) is 2.90. The lowest BCUT2D eigenvalue weighted by atomic mass is 10.1. The van der Waals surface area contributed by atoms with Crippen molar-refractivity contribution in [3.05, 3.63) is 28.8 Å². The third kappa shape index (κ3) is 2.73. The number of nitrogens with zero attached hydrogens (tertiary/aromatic N) is 1. The zero-order valence-corrected chi connectivity index (χ0v) is 10.8. The summed E-state index contributed by atoms with van der Waals surface area (Å²) in [5.74, 6) is 0.284. The van der Waals surface area contributed by atoms with Crippen molar-refractivity contribution in [2.24, 2.45) is 0 Å². The van der Waals surface area contributed by atoms with Gasteiger partial charge in [-0.3, -0.25) is 0 Å². The number of aliphatic hydroxyl groups excluding tert-OH is 1. The maximum absolute atomic E-state index is 11.4. The van der Waals surface area contributed by atoms with E-state index >= 15 is 0 Å². The summed E-state index contributed by atoms with van der Waals surface area (Å²) in [4.78, 5) is 1.93.